The lowest BCUT2D eigenvalue weighted by Gasteiger charge is -1.99. The fraction of sp³-hybridized carbons (Fsp3) is 0.200. The number of hydrogen-bond acceptors (Lipinski definition) is 3. The standard InChI is InChI=1S/C10H10O3/c1-2-13-10(12)9(11)8-6-4-3-5-7-8/h3-7H,2H2,1H3/i3D,4D,5D,6D,7D. The molecular formula is C10H10O3. The van der Waals surface area contributed by atoms with Crippen molar-refractivity contribution in [2.45, 2.75) is 6.92 Å². The first-order valence-corrected chi connectivity index (χ1v) is 3.61. The summed E-state index contributed by atoms with van der Waals surface area (Å²) >= 11 is 0. The molecule has 1 aromatic rings. The molecule has 68 valence electrons. The Morgan fingerprint density at radius 2 is 2.00 bits per heavy atom. The molecule has 1 rings (SSSR count). The highest BCUT2D eigenvalue weighted by Crippen LogP contribution is 2.00. The Bertz CT molecular complexity index is 498. The van der Waals surface area contributed by atoms with Crippen LogP contribution in [0.4, 0.5) is 0 Å². The third-order valence-corrected chi connectivity index (χ3v) is 1.19. The molecule has 0 aliphatic rings. The molecule has 0 fully saturated rings. The molecule has 0 aliphatic heterocycles. The molecule has 0 atom stereocenters. The molecule has 0 amide bonds. The summed E-state index contributed by atoms with van der Waals surface area (Å²) in [4.78, 5) is 22.9. The number of rotatable bonds is 3. The Kier molecular flexibility index (Phi) is 1.54. The largest absolute Gasteiger partial charge is 0.460 e. The lowest BCUT2D eigenvalue weighted by atomic mass is 10.1. The fourth-order valence-electron chi connectivity index (χ4n) is 0.662. The summed E-state index contributed by atoms with van der Waals surface area (Å²) < 4.78 is 41.5. The minimum atomic E-state index is -1.24. The van der Waals surface area contributed by atoms with E-state index in [4.69, 9.17) is 6.85 Å². The third-order valence-electron chi connectivity index (χ3n) is 1.19. The highest BCUT2D eigenvalue weighted by atomic mass is 16.5. The number of hydrogen-bond donors (Lipinski definition) is 0. The lowest BCUT2D eigenvalue weighted by Crippen LogP contribution is -2.17. The van der Waals surface area contributed by atoms with Crippen LogP contribution < -0.4 is 0 Å². The molecule has 0 heterocycles. The molecule has 0 radical (unpaired) electrons. The molecule has 13 heavy (non-hydrogen) atoms. The van der Waals surface area contributed by atoms with Crippen molar-refractivity contribution in [1.29, 1.82) is 0 Å². The molecule has 0 spiro atoms. The molecular weight excluding hydrogens is 168 g/mol. The van der Waals surface area contributed by atoms with Gasteiger partial charge in [0, 0.05) is 5.56 Å². The first-order chi connectivity index (χ1) is 8.32. The molecule has 0 unspecified atom stereocenters. The van der Waals surface area contributed by atoms with Gasteiger partial charge in [0.05, 0.1) is 13.5 Å². The summed E-state index contributed by atoms with van der Waals surface area (Å²) in [6, 6.07) is -3.36. The average Bonchev–Trinajstić information content (AvgIpc) is 2.34. The van der Waals surface area contributed by atoms with E-state index in [-0.39, 0.29) is 6.61 Å². The van der Waals surface area contributed by atoms with Gasteiger partial charge in [-0.3, -0.25) is 4.79 Å². The van der Waals surface area contributed by atoms with Gasteiger partial charge in [-0.25, -0.2) is 4.79 Å². The maximum atomic E-state index is 11.6. The van der Waals surface area contributed by atoms with Gasteiger partial charge in [-0.05, 0) is 6.92 Å². The van der Waals surface area contributed by atoms with Gasteiger partial charge in [-0.15, -0.1) is 0 Å². The van der Waals surface area contributed by atoms with Crippen LogP contribution in [-0.4, -0.2) is 18.4 Å². The Morgan fingerprint density at radius 1 is 1.38 bits per heavy atom. The molecule has 0 N–H and O–H groups in total. The van der Waals surface area contributed by atoms with Crippen LogP contribution in [0.1, 0.15) is 24.1 Å². The first-order valence-electron chi connectivity index (χ1n) is 6.11. The number of ketones is 1. The molecule has 0 saturated heterocycles. The van der Waals surface area contributed by atoms with E-state index in [1.165, 1.54) is 6.92 Å². The highest BCUT2D eigenvalue weighted by molar-refractivity contribution is 6.40. The van der Waals surface area contributed by atoms with Gasteiger partial charge < -0.3 is 4.74 Å². The topological polar surface area (TPSA) is 43.4 Å². The highest BCUT2D eigenvalue weighted by Gasteiger charge is 2.15. The minimum absolute atomic E-state index is 0.0385. The van der Waals surface area contributed by atoms with Gasteiger partial charge in [-0.1, -0.05) is 30.2 Å². The smallest absolute Gasteiger partial charge is 0.379 e. The number of carbonyl (C=O) groups is 2. The Hall–Kier alpha value is -1.64. The van der Waals surface area contributed by atoms with Crippen molar-refractivity contribution in [3.05, 3.63) is 35.8 Å². The average molecular weight is 183 g/mol. The molecule has 3 heteroatoms. The fourth-order valence-corrected chi connectivity index (χ4v) is 0.662. The molecule has 3 nitrogen and oxygen atoms in total. The van der Waals surface area contributed by atoms with Crippen molar-refractivity contribution in [3.8, 4) is 0 Å². The van der Waals surface area contributed by atoms with Crippen LogP contribution in [0, 0.1) is 0 Å². The van der Waals surface area contributed by atoms with Crippen molar-refractivity contribution in [2.75, 3.05) is 6.61 Å². The number of esters is 1. The molecule has 0 bridgehead atoms. The van der Waals surface area contributed by atoms with E-state index in [1.807, 2.05) is 0 Å². The number of benzene rings is 1. The molecule has 0 aromatic heterocycles. The summed E-state index contributed by atoms with van der Waals surface area (Å²) in [6.07, 6.45) is 0. The zero-order chi connectivity index (χ0) is 14.0. The zero-order valence-electron chi connectivity index (χ0n) is 11.9. The van der Waals surface area contributed by atoms with E-state index in [9.17, 15) is 9.59 Å². The van der Waals surface area contributed by atoms with Crippen LogP contribution in [0.25, 0.3) is 0 Å². The van der Waals surface area contributed by atoms with Crippen LogP contribution in [0.3, 0.4) is 0 Å². The van der Waals surface area contributed by atoms with E-state index < -0.39 is 47.5 Å². The predicted octanol–water partition coefficient (Wildman–Crippen LogP) is 1.43. The number of Topliss-reactive ketones (excluding diaryl/α,β-unsaturated/α-hetero) is 1. The van der Waals surface area contributed by atoms with Gasteiger partial charge in [-0.2, -0.15) is 0 Å². The summed E-state index contributed by atoms with van der Waals surface area (Å²) in [7, 11) is 0. The van der Waals surface area contributed by atoms with Gasteiger partial charge in [0.2, 0.25) is 0 Å². The van der Waals surface area contributed by atoms with E-state index in [0.717, 1.165) is 0 Å². The quantitative estimate of drug-likeness (QED) is 0.404. The normalized spacial score (nSPS) is 14.7. The SMILES string of the molecule is [2H]c1c([2H])c([2H])c(C(=O)C(=O)OCC)c([2H])c1[2H]. The number of carbonyl (C=O) groups excluding carboxylic acids is 2. The van der Waals surface area contributed by atoms with E-state index in [1.54, 1.807) is 0 Å². The van der Waals surface area contributed by atoms with Crippen molar-refractivity contribution in [2.24, 2.45) is 0 Å². The third kappa shape index (κ3) is 2.40. The summed E-state index contributed by atoms with van der Waals surface area (Å²) in [5.74, 6) is -2.48. The predicted molar refractivity (Wildman–Crippen MR) is 47.4 cm³/mol. The molecule has 0 saturated carbocycles. The van der Waals surface area contributed by atoms with Crippen LogP contribution in [0.2, 0.25) is 0 Å². The maximum Gasteiger partial charge on any atom is 0.379 e. The second-order valence-electron chi connectivity index (χ2n) is 2.05. The van der Waals surface area contributed by atoms with Crippen LogP contribution in [0.5, 0.6) is 0 Å². The van der Waals surface area contributed by atoms with Crippen LogP contribution >= 0.6 is 0 Å². The monoisotopic (exact) mass is 183 g/mol. The van der Waals surface area contributed by atoms with Crippen molar-refractivity contribution >= 4 is 11.8 Å². The zero-order valence-corrected chi connectivity index (χ0v) is 6.93. The minimum Gasteiger partial charge on any atom is -0.460 e. The maximum absolute atomic E-state index is 11.6. The van der Waals surface area contributed by atoms with Crippen LogP contribution in [-0.2, 0) is 9.53 Å². The van der Waals surface area contributed by atoms with E-state index in [0.29, 0.717) is 0 Å². The first kappa shape index (κ1) is 4.56. The number of ether oxygens (including phenoxy) is 1. The summed E-state index contributed by atoms with van der Waals surface area (Å²) in [6.45, 7) is 1.45. The van der Waals surface area contributed by atoms with Crippen molar-refractivity contribution in [3.63, 3.8) is 0 Å². The molecule has 1 aromatic carbocycles. The van der Waals surface area contributed by atoms with E-state index >= 15 is 0 Å². The molecule has 0 aliphatic carbocycles. The van der Waals surface area contributed by atoms with Gasteiger partial charge in [0.15, 0.2) is 0 Å². The van der Waals surface area contributed by atoms with Crippen molar-refractivity contribution in [1.82, 2.24) is 0 Å². The van der Waals surface area contributed by atoms with Crippen LogP contribution in [0.15, 0.2) is 30.2 Å². The Labute approximate surface area is 83.4 Å². The Balaban J connectivity index is 3.42. The second kappa shape index (κ2) is 4.40. The lowest BCUT2D eigenvalue weighted by molar-refractivity contribution is -0.137. The Morgan fingerprint density at radius 3 is 2.54 bits per heavy atom. The van der Waals surface area contributed by atoms with Gasteiger partial charge in [0.25, 0.3) is 5.78 Å². The second-order valence-corrected chi connectivity index (χ2v) is 2.05. The van der Waals surface area contributed by atoms with E-state index in [2.05, 4.69) is 4.74 Å². The summed E-state index contributed by atoms with van der Waals surface area (Å²) in [5.41, 5.74) is -0.667. The summed E-state index contributed by atoms with van der Waals surface area (Å²) in [5, 5.41) is 0. The van der Waals surface area contributed by atoms with Crippen molar-refractivity contribution < 1.29 is 21.2 Å². The van der Waals surface area contributed by atoms with Gasteiger partial charge in [0.1, 0.15) is 0 Å². The van der Waals surface area contributed by atoms with Gasteiger partial charge >= 0.3 is 5.97 Å².